The first kappa shape index (κ1) is 15.6. The summed E-state index contributed by atoms with van der Waals surface area (Å²) in [6.07, 6.45) is 1.07. The second-order valence-corrected chi connectivity index (χ2v) is 5.78. The largest absolute Gasteiger partial charge is 0.493 e. The first-order valence-electron chi connectivity index (χ1n) is 7.02. The third kappa shape index (κ3) is 4.11. The third-order valence-corrected chi connectivity index (χ3v) is 3.94. The maximum absolute atomic E-state index is 5.93. The van der Waals surface area contributed by atoms with Crippen molar-refractivity contribution in [3.05, 3.63) is 22.2 Å². The third-order valence-electron chi connectivity index (χ3n) is 3.36. The van der Waals surface area contributed by atoms with Crippen molar-refractivity contribution < 1.29 is 14.2 Å². The lowest BCUT2D eigenvalue weighted by molar-refractivity contribution is 0.165. The van der Waals surface area contributed by atoms with Gasteiger partial charge in [-0.1, -0.05) is 6.92 Å². The van der Waals surface area contributed by atoms with Gasteiger partial charge in [0, 0.05) is 19.1 Å². The van der Waals surface area contributed by atoms with Crippen molar-refractivity contribution in [2.75, 3.05) is 33.5 Å². The average molecular weight is 344 g/mol. The van der Waals surface area contributed by atoms with E-state index >= 15 is 0 Å². The van der Waals surface area contributed by atoms with E-state index in [0.717, 1.165) is 48.7 Å². The fraction of sp³-hybridized carbons (Fsp3) is 0.600. The number of ether oxygens (including phenoxy) is 3. The van der Waals surface area contributed by atoms with Crippen molar-refractivity contribution in [1.82, 2.24) is 5.32 Å². The SMILES string of the molecule is CCNCc1cc(Br)c(OCC2CCOC2)c(OC)c1. The zero-order chi connectivity index (χ0) is 14.4. The van der Waals surface area contributed by atoms with Gasteiger partial charge in [-0.25, -0.2) is 0 Å². The zero-order valence-electron chi connectivity index (χ0n) is 12.1. The molecular weight excluding hydrogens is 322 g/mol. The summed E-state index contributed by atoms with van der Waals surface area (Å²) in [5, 5.41) is 3.31. The van der Waals surface area contributed by atoms with Crippen molar-refractivity contribution in [3.63, 3.8) is 0 Å². The molecule has 0 bridgehead atoms. The Labute approximate surface area is 128 Å². The molecule has 1 heterocycles. The van der Waals surface area contributed by atoms with E-state index < -0.39 is 0 Å². The van der Waals surface area contributed by atoms with Gasteiger partial charge in [-0.05, 0) is 46.6 Å². The van der Waals surface area contributed by atoms with Crippen LogP contribution in [0.3, 0.4) is 0 Å². The Hall–Kier alpha value is -0.780. The molecular formula is C15H22BrNO3. The predicted molar refractivity (Wildman–Crippen MR) is 82.5 cm³/mol. The van der Waals surface area contributed by atoms with Crippen molar-refractivity contribution in [3.8, 4) is 11.5 Å². The van der Waals surface area contributed by atoms with E-state index in [-0.39, 0.29) is 0 Å². The molecule has 0 saturated carbocycles. The van der Waals surface area contributed by atoms with Crippen LogP contribution >= 0.6 is 15.9 Å². The predicted octanol–water partition coefficient (Wildman–Crippen LogP) is 2.98. The quantitative estimate of drug-likeness (QED) is 0.826. The summed E-state index contributed by atoms with van der Waals surface area (Å²) in [6, 6.07) is 4.10. The molecule has 1 aromatic carbocycles. The lowest BCUT2D eigenvalue weighted by Gasteiger charge is -2.16. The highest BCUT2D eigenvalue weighted by Gasteiger charge is 2.18. The highest BCUT2D eigenvalue weighted by Crippen LogP contribution is 2.37. The average Bonchev–Trinajstić information content (AvgIpc) is 2.96. The highest BCUT2D eigenvalue weighted by atomic mass is 79.9. The van der Waals surface area contributed by atoms with Crippen LogP contribution in [0.25, 0.3) is 0 Å². The van der Waals surface area contributed by atoms with Gasteiger partial charge in [0.25, 0.3) is 0 Å². The van der Waals surface area contributed by atoms with Crippen LogP contribution in [0, 0.1) is 5.92 Å². The summed E-state index contributed by atoms with van der Waals surface area (Å²) in [4.78, 5) is 0. The molecule has 1 aromatic rings. The van der Waals surface area contributed by atoms with Crippen molar-refractivity contribution >= 4 is 15.9 Å². The summed E-state index contributed by atoms with van der Waals surface area (Å²) >= 11 is 3.58. The fourth-order valence-corrected chi connectivity index (χ4v) is 2.80. The Morgan fingerprint density at radius 1 is 1.45 bits per heavy atom. The van der Waals surface area contributed by atoms with Gasteiger partial charge in [0.1, 0.15) is 0 Å². The van der Waals surface area contributed by atoms with Crippen LogP contribution in [-0.2, 0) is 11.3 Å². The van der Waals surface area contributed by atoms with Gasteiger partial charge in [0.05, 0.1) is 24.8 Å². The molecule has 0 radical (unpaired) electrons. The topological polar surface area (TPSA) is 39.7 Å². The van der Waals surface area contributed by atoms with Crippen LogP contribution < -0.4 is 14.8 Å². The Balaban J connectivity index is 2.06. The number of halogens is 1. The Morgan fingerprint density at radius 3 is 2.95 bits per heavy atom. The van der Waals surface area contributed by atoms with Gasteiger partial charge in [-0.2, -0.15) is 0 Å². The van der Waals surface area contributed by atoms with Crippen molar-refractivity contribution in [2.45, 2.75) is 19.9 Å². The molecule has 1 atom stereocenters. The minimum absolute atomic E-state index is 0.480. The minimum Gasteiger partial charge on any atom is -0.493 e. The van der Waals surface area contributed by atoms with Gasteiger partial charge in [0.2, 0.25) is 0 Å². The van der Waals surface area contributed by atoms with E-state index in [2.05, 4.69) is 34.2 Å². The normalized spacial score (nSPS) is 18.2. The fourth-order valence-electron chi connectivity index (χ4n) is 2.20. The Bertz CT molecular complexity index is 433. The summed E-state index contributed by atoms with van der Waals surface area (Å²) in [5.74, 6) is 2.03. The van der Waals surface area contributed by atoms with Crippen molar-refractivity contribution in [1.29, 1.82) is 0 Å². The van der Waals surface area contributed by atoms with E-state index in [4.69, 9.17) is 14.2 Å². The van der Waals surface area contributed by atoms with E-state index in [1.807, 2.05) is 6.07 Å². The second kappa shape index (κ2) is 7.86. The first-order valence-corrected chi connectivity index (χ1v) is 7.81. The zero-order valence-corrected chi connectivity index (χ0v) is 13.7. The van der Waals surface area contributed by atoms with Crippen LogP contribution in [0.1, 0.15) is 18.9 Å². The highest BCUT2D eigenvalue weighted by molar-refractivity contribution is 9.10. The molecule has 1 saturated heterocycles. The number of rotatable bonds is 7. The van der Waals surface area contributed by atoms with Gasteiger partial charge < -0.3 is 19.5 Å². The van der Waals surface area contributed by atoms with Gasteiger partial charge in [-0.3, -0.25) is 0 Å². The monoisotopic (exact) mass is 343 g/mol. The summed E-state index contributed by atoms with van der Waals surface area (Å²) in [6.45, 7) is 6.16. The Kier molecular flexibility index (Phi) is 6.13. The molecule has 5 heteroatoms. The van der Waals surface area contributed by atoms with Crippen LogP contribution in [0.2, 0.25) is 0 Å². The number of benzene rings is 1. The van der Waals surface area contributed by atoms with Crippen LogP contribution in [0.15, 0.2) is 16.6 Å². The lowest BCUT2D eigenvalue weighted by Crippen LogP contribution is -2.14. The molecule has 1 aliphatic heterocycles. The van der Waals surface area contributed by atoms with E-state index in [1.165, 1.54) is 5.56 Å². The number of hydrogen-bond acceptors (Lipinski definition) is 4. The summed E-state index contributed by atoms with van der Waals surface area (Å²) in [5.41, 5.74) is 1.17. The van der Waals surface area contributed by atoms with Crippen molar-refractivity contribution in [2.24, 2.45) is 5.92 Å². The molecule has 0 spiro atoms. The molecule has 1 fully saturated rings. The number of hydrogen-bond donors (Lipinski definition) is 1. The second-order valence-electron chi connectivity index (χ2n) is 4.93. The van der Waals surface area contributed by atoms with E-state index in [1.54, 1.807) is 7.11 Å². The number of nitrogens with one attached hydrogen (secondary N) is 1. The summed E-state index contributed by atoms with van der Waals surface area (Å²) < 4.78 is 17.7. The Morgan fingerprint density at radius 2 is 2.30 bits per heavy atom. The maximum atomic E-state index is 5.93. The molecule has 1 unspecified atom stereocenters. The number of methoxy groups -OCH3 is 1. The molecule has 1 aliphatic rings. The molecule has 0 amide bonds. The molecule has 0 aliphatic carbocycles. The van der Waals surface area contributed by atoms with Gasteiger partial charge in [-0.15, -0.1) is 0 Å². The molecule has 1 N–H and O–H groups in total. The van der Waals surface area contributed by atoms with Gasteiger partial charge >= 0.3 is 0 Å². The minimum atomic E-state index is 0.480. The van der Waals surface area contributed by atoms with E-state index in [9.17, 15) is 0 Å². The van der Waals surface area contributed by atoms with Crippen LogP contribution in [0.5, 0.6) is 11.5 Å². The van der Waals surface area contributed by atoms with Crippen LogP contribution in [-0.4, -0.2) is 33.5 Å². The molecule has 0 aromatic heterocycles. The first-order chi connectivity index (χ1) is 9.74. The van der Waals surface area contributed by atoms with E-state index in [0.29, 0.717) is 12.5 Å². The summed E-state index contributed by atoms with van der Waals surface area (Å²) in [7, 11) is 1.67. The lowest BCUT2D eigenvalue weighted by atomic mass is 10.1. The smallest absolute Gasteiger partial charge is 0.175 e. The van der Waals surface area contributed by atoms with Gasteiger partial charge in [0.15, 0.2) is 11.5 Å². The molecule has 4 nitrogen and oxygen atoms in total. The molecule has 112 valence electrons. The molecule has 20 heavy (non-hydrogen) atoms. The maximum Gasteiger partial charge on any atom is 0.175 e. The molecule has 2 rings (SSSR count). The standard InChI is InChI=1S/C15H22BrNO3/c1-3-17-8-12-6-13(16)15(14(7-12)18-2)20-10-11-4-5-19-9-11/h6-7,11,17H,3-5,8-10H2,1-2H3. The van der Waals surface area contributed by atoms with Crippen LogP contribution in [0.4, 0.5) is 0 Å².